The van der Waals surface area contributed by atoms with Gasteiger partial charge in [-0.3, -0.25) is 15.2 Å². The molecule has 1 aromatic carbocycles. The quantitative estimate of drug-likeness (QED) is 0.418. The highest BCUT2D eigenvalue weighted by Crippen LogP contribution is 2.19. The lowest BCUT2D eigenvalue weighted by atomic mass is 10.1. The van der Waals surface area contributed by atoms with Crippen LogP contribution in [0.3, 0.4) is 0 Å². The molecule has 106 valence electrons. The Bertz CT molecular complexity index is 933. The van der Waals surface area contributed by atoms with Crippen molar-refractivity contribution in [1.82, 2.24) is 20.2 Å². The number of benzene rings is 1. The third-order valence-electron chi connectivity index (χ3n) is 3.02. The van der Waals surface area contributed by atoms with E-state index in [1.165, 1.54) is 0 Å². The average molecular weight is 284 g/mol. The number of aromatic amines is 3. The number of hydrogen-bond acceptors (Lipinski definition) is 5. The number of fused-ring (bicyclic) bond motifs is 1. The normalized spacial score (nSPS) is 11.3. The zero-order valence-electron chi connectivity index (χ0n) is 11.1. The molecule has 2 heterocycles. The van der Waals surface area contributed by atoms with Crippen LogP contribution >= 0.6 is 0 Å². The summed E-state index contributed by atoms with van der Waals surface area (Å²) in [5.74, 6) is -0.0802. The first-order valence-electron chi connectivity index (χ1n) is 6.20. The Kier molecular flexibility index (Phi) is 3.11. The minimum absolute atomic E-state index is 0.0802. The Morgan fingerprint density at radius 3 is 2.86 bits per heavy atom. The highest BCUT2D eigenvalue weighted by atomic mass is 16.2. The van der Waals surface area contributed by atoms with Gasteiger partial charge in [0.1, 0.15) is 0 Å². The van der Waals surface area contributed by atoms with Crippen molar-refractivity contribution in [3.05, 3.63) is 56.4 Å². The van der Waals surface area contributed by atoms with Gasteiger partial charge in [0, 0.05) is 22.2 Å². The first kappa shape index (κ1) is 12.9. The number of nitrogens with one attached hydrogen (secondary N) is 4. The van der Waals surface area contributed by atoms with Gasteiger partial charge in [-0.25, -0.2) is 9.89 Å². The van der Waals surface area contributed by atoms with Gasteiger partial charge >= 0.3 is 5.69 Å². The van der Waals surface area contributed by atoms with E-state index in [9.17, 15) is 9.59 Å². The lowest BCUT2D eigenvalue weighted by molar-refractivity contribution is 0.890. The Morgan fingerprint density at radius 2 is 2.05 bits per heavy atom. The van der Waals surface area contributed by atoms with Crippen LogP contribution < -0.4 is 16.7 Å². The summed E-state index contributed by atoms with van der Waals surface area (Å²) in [7, 11) is 0. The molecule has 4 N–H and O–H groups in total. The Balaban J connectivity index is 1.90. The van der Waals surface area contributed by atoms with E-state index in [-0.39, 0.29) is 5.82 Å². The van der Waals surface area contributed by atoms with Gasteiger partial charge in [0.25, 0.3) is 5.56 Å². The van der Waals surface area contributed by atoms with Crippen molar-refractivity contribution in [2.75, 3.05) is 5.43 Å². The lowest BCUT2D eigenvalue weighted by Crippen LogP contribution is -2.25. The summed E-state index contributed by atoms with van der Waals surface area (Å²) in [4.78, 5) is 27.6. The average Bonchev–Trinajstić information content (AvgIpc) is 2.77. The molecule has 0 fully saturated rings. The molecule has 8 heteroatoms. The number of para-hydroxylation sites is 1. The molecule has 0 radical (unpaired) electrons. The number of H-pyrrole nitrogens is 3. The largest absolute Gasteiger partial charge is 0.358 e. The van der Waals surface area contributed by atoms with Crippen molar-refractivity contribution in [3.63, 3.8) is 0 Å². The Labute approximate surface area is 117 Å². The summed E-state index contributed by atoms with van der Waals surface area (Å²) in [6.45, 7) is 1.94. The second-order valence-electron chi connectivity index (χ2n) is 4.43. The Morgan fingerprint density at radius 1 is 1.24 bits per heavy atom. The number of aryl methyl sites for hydroxylation is 1. The maximum atomic E-state index is 11.4. The van der Waals surface area contributed by atoms with Gasteiger partial charge in [-0.15, -0.1) is 5.10 Å². The first-order valence-corrected chi connectivity index (χ1v) is 6.20. The van der Waals surface area contributed by atoms with Gasteiger partial charge in [-0.1, -0.05) is 18.2 Å². The first-order chi connectivity index (χ1) is 10.1. The van der Waals surface area contributed by atoms with Crippen LogP contribution in [0.1, 0.15) is 11.3 Å². The molecule has 0 aliphatic rings. The van der Waals surface area contributed by atoms with Gasteiger partial charge in [0.2, 0.25) is 5.82 Å². The maximum Gasteiger partial charge on any atom is 0.342 e. The van der Waals surface area contributed by atoms with Crippen LogP contribution in [0.5, 0.6) is 0 Å². The van der Waals surface area contributed by atoms with Gasteiger partial charge in [0.15, 0.2) is 0 Å². The van der Waals surface area contributed by atoms with Crippen molar-refractivity contribution < 1.29 is 0 Å². The highest BCUT2D eigenvalue weighted by molar-refractivity contribution is 6.00. The number of anilines is 1. The van der Waals surface area contributed by atoms with Gasteiger partial charge in [-0.05, 0) is 13.0 Å². The smallest absolute Gasteiger partial charge is 0.342 e. The number of hydrogen-bond donors (Lipinski definition) is 4. The zero-order chi connectivity index (χ0) is 14.8. The molecule has 0 spiro atoms. The Hall–Kier alpha value is -3.16. The van der Waals surface area contributed by atoms with Gasteiger partial charge < -0.3 is 4.98 Å². The van der Waals surface area contributed by atoms with Gasteiger partial charge in [-0.2, -0.15) is 5.10 Å². The molecule has 0 saturated heterocycles. The molecule has 0 aliphatic carbocycles. The molecule has 3 aromatic rings. The standard InChI is InChI=1S/C13H12N6O2/c1-7-9(8-4-2-3-5-10(8)15-7)6-14-17-11-12(20)16-13(21)19-18-11/h2-6,15H,1H3,(H,17,18)(H2,16,19,20,21)/b14-6-. The molecular weight excluding hydrogens is 272 g/mol. The second kappa shape index (κ2) is 5.08. The molecule has 0 unspecified atom stereocenters. The fourth-order valence-corrected chi connectivity index (χ4v) is 2.05. The van der Waals surface area contributed by atoms with E-state index in [4.69, 9.17) is 0 Å². The van der Waals surface area contributed by atoms with E-state index in [0.29, 0.717) is 0 Å². The van der Waals surface area contributed by atoms with Gasteiger partial charge in [0.05, 0.1) is 6.21 Å². The number of nitrogens with zero attached hydrogens (tertiary/aromatic N) is 2. The predicted molar refractivity (Wildman–Crippen MR) is 79.7 cm³/mol. The highest BCUT2D eigenvalue weighted by Gasteiger charge is 2.05. The summed E-state index contributed by atoms with van der Waals surface area (Å²) < 4.78 is 0. The molecule has 8 nitrogen and oxygen atoms in total. The van der Waals surface area contributed by atoms with Crippen molar-refractivity contribution >= 4 is 22.9 Å². The molecular formula is C13H12N6O2. The van der Waals surface area contributed by atoms with E-state index in [1.54, 1.807) is 6.21 Å². The van der Waals surface area contributed by atoms with Crippen LogP contribution in [0.25, 0.3) is 10.9 Å². The van der Waals surface area contributed by atoms with Crippen molar-refractivity contribution in [2.45, 2.75) is 6.92 Å². The third-order valence-corrected chi connectivity index (χ3v) is 3.02. The predicted octanol–water partition coefficient (Wildman–Crippen LogP) is 0.694. The molecule has 0 amide bonds. The topological polar surface area (TPSA) is 119 Å². The van der Waals surface area contributed by atoms with Crippen LogP contribution in [0.2, 0.25) is 0 Å². The molecule has 21 heavy (non-hydrogen) atoms. The fourth-order valence-electron chi connectivity index (χ4n) is 2.05. The number of aromatic nitrogens is 4. The van der Waals surface area contributed by atoms with Crippen LogP contribution in [0.4, 0.5) is 5.82 Å². The number of hydrazone groups is 1. The monoisotopic (exact) mass is 284 g/mol. The fraction of sp³-hybridized carbons (Fsp3) is 0.0769. The van der Waals surface area contributed by atoms with E-state index in [2.05, 4.69) is 30.7 Å². The zero-order valence-corrected chi connectivity index (χ0v) is 11.1. The van der Waals surface area contributed by atoms with Crippen molar-refractivity contribution in [3.8, 4) is 0 Å². The molecule has 0 bridgehead atoms. The van der Waals surface area contributed by atoms with Crippen LogP contribution in [0, 0.1) is 6.92 Å². The summed E-state index contributed by atoms with van der Waals surface area (Å²) >= 11 is 0. The van der Waals surface area contributed by atoms with E-state index < -0.39 is 11.2 Å². The maximum absolute atomic E-state index is 11.4. The van der Waals surface area contributed by atoms with E-state index in [1.807, 2.05) is 31.2 Å². The van der Waals surface area contributed by atoms with Crippen molar-refractivity contribution in [1.29, 1.82) is 0 Å². The van der Waals surface area contributed by atoms with Crippen LogP contribution in [-0.2, 0) is 0 Å². The minimum Gasteiger partial charge on any atom is -0.358 e. The minimum atomic E-state index is -0.665. The third kappa shape index (κ3) is 2.46. The lowest BCUT2D eigenvalue weighted by Gasteiger charge is -1.96. The van der Waals surface area contributed by atoms with E-state index in [0.717, 1.165) is 22.2 Å². The second-order valence-corrected chi connectivity index (χ2v) is 4.43. The van der Waals surface area contributed by atoms with Crippen LogP contribution in [0.15, 0.2) is 39.0 Å². The molecule has 2 aromatic heterocycles. The SMILES string of the molecule is Cc1[nH]c2ccccc2c1/C=N\Nc1n[nH]c(=O)[nH]c1=O. The summed E-state index contributed by atoms with van der Waals surface area (Å²) in [5.41, 5.74) is 4.09. The summed E-state index contributed by atoms with van der Waals surface area (Å²) in [5, 5.41) is 10.7. The summed E-state index contributed by atoms with van der Waals surface area (Å²) in [6, 6.07) is 7.84. The number of rotatable bonds is 3. The summed E-state index contributed by atoms with van der Waals surface area (Å²) in [6.07, 6.45) is 1.60. The van der Waals surface area contributed by atoms with E-state index >= 15 is 0 Å². The molecule has 0 aliphatic heterocycles. The molecule has 3 rings (SSSR count). The molecule has 0 saturated carbocycles. The van der Waals surface area contributed by atoms with Crippen molar-refractivity contribution in [2.24, 2.45) is 5.10 Å². The van der Waals surface area contributed by atoms with Crippen LogP contribution in [-0.4, -0.2) is 26.4 Å². The molecule has 0 atom stereocenters.